The molecule has 0 amide bonds. The number of nitrogens with zero attached hydrogens (tertiary/aromatic N) is 3. The van der Waals surface area contributed by atoms with Crippen molar-refractivity contribution in [2.45, 2.75) is 12.8 Å². The number of hydrogen-bond donors (Lipinski definition) is 0. The Bertz CT molecular complexity index is 551. The third kappa shape index (κ3) is 1.28. The quantitative estimate of drug-likeness (QED) is 0.701. The molecular weight excluding hydrogens is 186 g/mol. The molecule has 0 bridgehead atoms. The summed E-state index contributed by atoms with van der Waals surface area (Å²) in [5.41, 5.74) is 3.08. The average molecular weight is 197 g/mol. The van der Waals surface area contributed by atoms with Crippen LogP contribution in [-0.4, -0.2) is 14.6 Å². The molecule has 0 spiro atoms. The molecule has 0 aromatic carbocycles. The molecule has 0 radical (unpaired) electrons. The van der Waals surface area contributed by atoms with E-state index < -0.39 is 0 Å². The van der Waals surface area contributed by atoms with Gasteiger partial charge < -0.3 is 0 Å². The molecule has 0 aliphatic heterocycles. The van der Waals surface area contributed by atoms with Crippen LogP contribution in [-0.2, 0) is 0 Å². The van der Waals surface area contributed by atoms with Crippen molar-refractivity contribution in [3.05, 3.63) is 54.0 Å². The Morgan fingerprint density at radius 1 is 1.27 bits per heavy atom. The normalized spacial score (nSPS) is 15.5. The lowest BCUT2D eigenvalue weighted by Gasteiger charge is -2.07. The predicted molar refractivity (Wildman–Crippen MR) is 58.7 cm³/mol. The maximum absolute atomic E-state index is 4.44. The molecule has 3 nitrogen and oxygen atoms in total. The largest absolute Gasteiger partial charge is 0.237 e. The molecule has 1 aliphatic rings. The number of rotatable bonds is 1. The maximum atomic E-state index is 4.44. The SMILES string of the molecule is Cc1cc2nccc(C3C=CC=C3)n2n1. The second kappa shape index (κ2) is 3.05. The summed E-state index contributed by atoms with van der Waals surface area (Å²) in [6.07, 6.45) is 10.3. The summed E-state index contributed by atoms with van der Waals surface area (Å²) >= 11 is 0. The fourth-order valence-corrected chi connectivity index (χ4v) is 1.91. The van der Waals surface area contributed by atoms with E-state index in [1.807, 2.05) is 29.8 Å². The van der Waals surface area contributed by atoms with Crippen LogP contribution < -0.4 is 0 Å². The summed E-state index contributed by atoms with van der Waals surface area (Å²) < 4.78 is 1.92. The minimum absolute atomic E-state index is 0.329. The van der Waals surface area contributed by atoms with E-state index in [-0.39, 0.29) is 0 Å². The lowest BCUT2D eigenvalue weighted by Crippen LogP contribution is -2.02. The van der Waals surface area contributed by atoms with E-state index in [2.05, 4.69) is 34.4 Å². The van der Waals surface area contributed by atoms with Crippen molar-refractivity contribution < 1.29 is 0 Å². The van der Waals surface area contributed by atoms with Gasteiger partial charge in [0.2, 0.25) is 0 Å². The topological polar surface area (TPSA) is 30.2 Å². The number of aryl methyl sites for hydroxylation is 1. The van der Waals surface area contributed by atoms with E-state index in [0.29, 0.717) is 5.92 Å². The van der Waals surface area contributed by atoms with Gasteiger partial charge in [0, 0.05) is 18.2 Å². The molecule has 1 aliphatic carbocycles. The summed E-state index contributed by atoms with van der Waals surface area (Å²) in [6.45, 7) is 1.98. The van der Waals surface area contributed by atoms with Crippen molar-refractivity contribution in [3.63, 3.8) is 0 Å². The smallest absolute Gasteiger partial charge is 0.155 e. The van der Waals surface area contributed by atoms with Crippen LogP contribution >= 0.6 is 0 Å². The van der Waals surface area contributed by atoms with Gasteiger partial charge in [-0.15, -0.1) is 0 Å². The van der Waals surface area contributed by atoms with Crippen molar-refractivity contribution in [3.8, 4) is 0 Å². The molecule has 2 aromatic heterocycles. The molecule has 15 heavy (non-hydrogen) atoms. The lowest BCUT2D eigenvalue weighted by molar-refractivity contribution is 0.825. The Balaban J connectivity index is 2.25. The molecule has 3 rings (SSSR count). The zero-order valence-electron chi connectivity index (χ0n) is 8.46. The van der Waals surface area contributed by atoms with Crippen LogP contribution in [0.25, 0.3) is 5.65 Å². The Morgan fingerprint density at radius 3 is 2.87 bits per heavy atom. The zero-order valence-corrected chi connectivity index (χ0v) is 8.46. The molecular formula is C12H11N3. The van der Waals surface area contributed by atoms with Gasteiger partial charge in [0.25, 0.3) is 0 Å². The standard InChI is InChI=1S/C12H11N3/c1-9-8-12-13-7-6-11(15(12)14-9)10-4-2-3-5-10/h2-8,10H,1H3. The van der Waals surface area contributed by atoms with Crippen molar-refractivity contribution in [2.75, 3.05) is 0 Å². The predicted octanol–water partition coefficient (Wildman–Crippen LogP) is 2.25. The van der Waals surface area contributed by atoms with Gasteiger partial charge in [-0.05, 0) is 13.0 Å². The van der Waals surface area contributed by atoms with Gasteiger partial charge in [0.1, 0.15) is 0 Å². The summed E-state index contributed by atoms with van der Waals surface area (Å²) in [5, 5.41) is 4.44. The van der Waals surface area contributed by atoms with E-state index in [4.69, 9.17) is 0 Å². The van der Waals surface area contributed by atoms with Crippen molar-refractivity contribution >= 4 is 5.65 Å². The monoisotopic (exact) mass is 197 g/mol. The Morgan fingerprint density at radius 2 is 2.07 bits per heavy atom. The van der Waals surface area contributed by atoms with Gasteiger partial charge in [0.15, 0.2) is 5.65 Å². The maximum Gasteiger partial charge on any atom is 0.155 e. The highest BCUT2D eigenvalue weighted by Gasteiger charge is 2.12. The zero-order chi connectivity index (χ0) is 10.3. The van der Waals surface area contributed by atoms with E-state index >= 15 is 0 Å². The Kier molecular flexibility index (Phi) is 1.71. The second-order valence-corrected chi connectivity index (χ2v) is 3.72. The minimum Gasteiger partial charge on any atom is -0.237 e. The fraction of sp³-hybridized carbons (Fsp3) is 0.167. The molecule has 74 valence electrons. The summed E-state index contributed by atoms with van der Waals surface area (Å²) in [5.74, 6) is 0.329. The molecule has 0 saturated carbocycles. The van der Waals surface area contributed by atoms with Crippen molar-refractivity contribution in [1.82, 2.24) is 14.6 Å². The van der Waals surface area contributed by atoms with Crippen LogP contribution in [0.4, 0.5) is 0 Å². The number of fused-ring (bicyclic) bond motifs is 1. The third-order valence-electron chi connectivity index (χ3n) is 2.60. The molecule has 0 fully saturated rings. The van der Waals surface area contributed by atoms with Crippen LogP contribution in [0.5, 0.6) is 0 Å². The van der Waals surface area contributed by atoms with E-state index in [1.165, 1.54) is 0 Å². The minimum atomic E-state index is 0.329. The molecule has 0 N–H and O–H groups in total. The van der Waals surface area contributed by atoms with Gasteiger partial charge in [-0.1, -0.05) is 24.3 Å². The van der Waals surface area contributed by atoms with Crippen LogP contribution in [0.2, 0.25) is 0 Å². The van der Waals surface area contributed by atoms with E-state index in [1.54, 1.807) is 0 Å². The third-order valence-corrected chi connectivity index (χ3v) is 2.60. The number of allylic oxidation sites excluding steroid dienone is 4. The van der Waals surface area contributed by atoms with Gasteiger partial charge in [-0.25, -0.2) is 9.50 Å². The van der Waals surface area contributed by atoms with Gasteiger partial charge in [-0.2, -0.15) is 5.10 Å². The first-order valence-electron chi connectivity index (χ1n) is 5.01. The fourth-order valence-electron chi connectivity index (χ4n) is 1.91. The number of aromatic nitrogens is 3. The van der Waals surface area contributed by atoms with Crippen molar-refractivity contribution in [2.24, 2.45) is 0 Å². The first-order chi connectivity index (χ1) is 7.34. The molecule has 2 aromatic rings. The molecule has 0 atom stereocenters. The Labute approximate surface area is 87.8 Å². The molecule has 0 saturated heterocycles. The van der Waals surface area contributed by atoms with Gasteiger partial charge in [0.05, 0.1) is 11.4 Å². The second-order valence-electron chi connectivity index (χ2n) is 3.72. The summed E-state index contributed by atoms with van der Waals surface area (Å²) in [6, 6.07) is 4.01. The molecule has 3 heteroatoms. The summed E-state index contributed by atoms with van der Waals surface area (Å²) in [4.78, 5) is 4.29. The first kappa shape index (κ1) is 8.41. The van der Waals surface area contributed by atoms with Gasteiger partial charge >= 0.3 is 0 Å². The van der Waals surface area contributed by atoms with E-state index in [9.17, 15) is 0 Å². The first-order valence-corrected chi connectivity index (χ1v) is 5.01. The summed E-state index contributed by atoms with van der Waals surface area (Å²) in [7, 11) is 0. The average Bonchev–Trinajstić information content (AvgIpc) is 2.82. The van der Waals surface area contributed by atoms with Crippen LogP contribution in [0.15, 0.2) is 42.6 Å². The van der Waals surface area contributed by atoms with Crippen molar-refractivity contribution in [1.29, 1.82) is 0 Å². The van der Waals surface area contributed by atoms with Gasteiger partial charge in [-0.3, -0.25) is 0 Å². The number of hydrogen-bond acceptors (Lipinski definition) is 2. The molecule has 2 heterocycles. The lowest BCUT2D eigenvalue weighted by atomic mass is 10.1. The van der Waals surface area contributed by atoms with Crippen LogP contribution in [0.1, 0.15) is 17.3 Å². The Hall–Kier alpha value is -1.90. The molecule has 0 unspecified atom stereocenters. The van der Waals surface area contributed by atoms with E-state index in [0.717, 1.165) is 17.0 Å². The van der Waals surface area contributed by atoms with Crippen LogP contribution in [0, 0.1) is 6.92 Å². The highest BCUT2D eigenvalue weighted by molar-refractivity contribution is 5.42. The van der Waals surface area contributed by atoms with Crippen LogP contribution in [0.3, 0.4) is 0 Å². The highest BCUT2D eigenvalue weighted by Crippen LogP contribution is 2.22. The highest BCUT2D eigenvalue weighted by atomic mass is 15.3.